The van der Waals surface area contributed by atoms with E-state index >= 15 is 0 Å². The van der Waals surface area contributed by atoms with Crippen LogP contribution < -0.4 is 14.2 Å². The van der Waals surface area contributed by atoms with E-state index in [-0.39, 0.29) is 0 Å². The molecule has 136 valence electrons. The van der Waals surface area contributed by atoms with Crippen molar-refractivity contribution in [3.05, 3.63) is 59.1 Å². The van der Waals surface area contributed by atoms with Crippen LogP contribution in [0.1, 0.15) is 0 Å². The Hall–Kier alpha value is -3.05. The van der Waals surface area contributed by atoms with Gasteiger partial charge in [-0.3, -0.25) is 0 Å². The summed E-state index contributed by atoms with van der Waals surface area (Å²) in [5, 5.41) is 3.04. The summed E-state index contributed by atoms with van der Waals surface area (Å²) >= 11 is 5.63. The number of ether oxygens (including phenoxy) is 3. The normalized spacial score (nSPS) is 10.9. The molecule has 4 aromatic rings. The van der Waals surface area contributed by atoms with Gasteiger partial charge in [-0.1, -0.05) is 42.5 Å². The third-order valence-electron chi connectivity index (χ3n) is 4.57. The highest BCUT2D eigenvalue weighted by molar-refractivity contribution is 7.71. The highest BCUT2D eigenvalue weighted by atomic mass is 32.1. The van der Waals surface area contributed by atoms with E-state index in [4.69, 9.17) is 30.8 Å². The van der Waals surface area contributed by atoms with Crippen molar-refractivity contribution in [2.24, 2.45) is 0 Å². The van der Waals surface area contributed by atoms with Gasteiger partial charge in [-0.2, -0.15) is 0 Å². The molecular weight excluding hydrogens is 360 g/mol. The first-order chi connectivity index (χ1) is 13.2. The molecule has 0 spiro atoms. The minimum atomic E-state index is 0.536. The molecule has 0 aliphatic carbocycles. The Labute approximate surface area is 161 Å². The minimum absolute atomic E-state index is 0.536. The van der Waals surface area contributed by atoms with Crippen molar-refractivity contribution in [1.29, 1.82) is 0 Å². The van der Waals surface area contributed by atoms with Gasteiger partial charge in [-0.15, -0.1) is 0 Å². The first-order valence-corrected chi connectivity index (χ1v) is 8.83. The second-order valence-electron chi connectivity index (χ2n) is 6.05. The Balaban J connectivity index is 2.02. The summed E-state index contributed by atoms with van der Waals surface area (Å²) in [6.45, 7) is 0. The summed E-state index contributed by atoms with van der Waals surface area (Å²) in [4.78, 5) is 0. The third kappa shape index (κ3) is 2.90. The molecule has 3 aromatic carbocycles. The molecule has 4 rings (SSSR count). The monoisotopic (exact) mass is 378 g/mol. The maximum Gasteiger partial charge on any atom is 0.203 e. The van der Waals surface area contributed by atoms with Crippen LogP contribution in [0.5, 0.6) is 17.2 Å². The molecule has 1 aromatic heterocycles. The zero-order valence-corrected chi connectivity index (χ0v) is 16.1. The SMILES string of the molecule is COc1cc(-c2cc(=S)c3ccc4ccccc4c3o2)cc(OC)c1OC. The molecule has 0 N–H and O–H groups in total. The molecule has 0 amide bonds. The van der Waals surface area contributed by atoms with Crippen molar-refractivity contribution in [2.45, 2.75) is 0 Å². The average Bonchev–Trinajstić information content (AvgIpc) is 2.72. The molecule has 0 radical (unpaired) electrons. The lowest BCUT2D eigenvalue weighted by Gasteiger charge is -2.14. The molecule has 0 atom stereocenters. The van der Waals surface area contributed by atoms with Gasteiger partial charge in [0.25, 0.3) is 0 Å². The van der Waals surface area contributed by atoms with Gasteiger partial charge in [-0.25, -0.2) is 0 Å². The lowest BCUT2D eigenvalue weighted by molar-refractivity contribution is 0.324. The van der Waals surface area contributed by atoms with E-state index in [2.05, 4.69) is 12.1 Å². The topological polar surface area (TPSA) is 40.8 Å². The zero-order chi connectivity index (χ0) is 19.0. The fourth-order valence-corrected chi connectivity index (χ4v) is 3.52. The van der Waals surface area contributed by atoms with Crippen LogP contribution in [0.15, 0.2) is 59.0 Å². The standard InChI is InChI=1S/C22H18O4S/c1-23-18-10-14(11-19(24-2)22(18)25-3)17-12-20(27)16-9-8-13-6-4-5-7-15(13)21(16)26-17/h4-12H,1-3H3. The fourth-order valence-electron chi connectivity index (χ4n) is 3.25. The highest BCUT2D eigenvalue weighted by Gasteiger charge is 2.16. The van der Waals surface area contributed by atoms with Gasteiger partial charge in [0, 0.05) is 22.4 Å². The average molecular weight is 378 g/mol. The number of fused-ring (bicyclic) bond motifs is 3. The summed E-state index contributed by atoms with van der Waals surface area (Å²) in [7, 11) is 4.75. The second-order valence-corrected chi connectivity index (χ2v) is 6.49. The Morgan fingerprint density at radius 2 is 1.48 bits per heavy atom. The Morgan fingerprint density at radius 1 is 0.778 bits per heavy atom. The van der Waals surface area contributed by atoms with E-state index in [9.17, 15) is 0 Å². The van der Waals surface area contributed by atoms with Crippen LogP contribution in [0.25, 0.3) is 33.1 Å². The number of rotatable bonds is 4. The van der Waals surface area contributed by atoms with Crippen LogP contribution in [0, 0.1) is 4.51 Å². The van der Waals surface area contributed by atoms with Gasteiger partial charge in [0.05, 0.1) is 25.8 Å². The van der Waals surface area contributed by atoms with E-state index in [1.54, 1.807) is 21.3 Å². The number of hydrogen-bond donors (Lipinski definition) is 0. The van der Waals surface area contributed by atoms with Crippen LogP contribution in [-0.2, 0) is 0 Å². The quantitative estimate of drug-likeness (QED) is 0.321. The molecule has 0 saturated heterocycles. The van der Waals surface area contributed by atoms with Crippen LogP contribution in [-0.4, -0.2) is 21.3 Å². The molecule has 1 heterocycles. The molecule has 0 aliphatic rings. The fraction of sp³-hybridized carbons (Fsp3) is 0.136. The number of hydrogen-bond acceptors (Lipinski definition) is 5. The van der Waals surface area contributed by atoms with Gasteiger partial charge in [-0.05, 0) is 23.6 Å². The second kappa shape index (κ2) is 6.93. The molecule has 0 fully saturated rings. The molecule has 27 heavy (non-hydrogen) atoms. The molecule has 0 saturated carbocycles. The maximum atomic E-state index is 6.30. The lowest BCUT2D eigenvalue weighted by atomic mass is 10.1. The van der Waals surface area contributed by atoms with Crippen LogP contribution >= 0.6 is 12.2 Å². The number of benzene rings is 3. The van der Waals surface area contributed by atoms with Crippen molar-refractivity contribution >= 4 is 34.0 Å². The molecule has 0 unspecified atom stereocenters. The molecule has 0 bridgehead atoms. The Kier molecular flexibility index (Phi) is 4.46. The van der Waals surface area contributed by atoms with Crippen molar-refractivity contribution in [3.8, 4) is 28.6 Å². The van der Waals surface area contributed by atoms with Gasteiger partial charge in [0.15, 0.2) is 11.5 Å². The summed E-state index contributed by atoms with van der Waals surface area (Å²) < 4.78 is 23.3. The van der Waals surface area contributed by atoms with Crippen LogP contribution in [0.3, 0.4) is 0 Å². The third-order valence-corrected chi connectivity index (χ3v) is 4.91. The van der Waals surface area contributed by atoms with Crippen LogP contribution in [0.4, 0.5) is 0 Å². The predicted octanol–water partition coefficient (Wildman–Crippen LogP) is 6.01. The van der Waals surface area contributed by atoms with Crippen molar-refractivity contribution in [1.82, 2.24) is 0 Å². The largest absolute Gasteiger partial charge is 0.493 e. The van der Waals surface area contributed by atoms with Gasteiger partial charge in [0.1, 0.15) is 11.3 Å². The van der Waals surface area contributed by atoms with E-state index < -0.39 is 0 Å². The first-order valence-electron chi connectivity index (χ1n) is 8.42. The lowest BCUT2D eigenvalue weighted by Crippen LogP contribution is -1.95. The summed E-state index contributed by atoms with van der Waals surface area (Å²) in [5.41, 5.74) is 1.56. The molecular formula is C22H18O4S. The van der Waals surface area contributed by atoms with E-state index in [0.29, 0.717) is 23.0 Å². The summed E-state index contributed by atoms with van der Waals surface area (Å²) in [5.74, 6) is 2.30. The first kappa shape index (κ1) is 17.4. The smallest absolute Gasteiger partial charge is 0.203 e. The van der Waals surface area contributed by atoms with Crippen molar-refractivity contribution in [3.63, 3.8) is 0 Å². The molecule has 4 nitrogen and oxygen atoms in total. The van der Waals surface area contributed by atoms with Gasteiger partial charge < -0.3 is 18.6 Å². The van der Waals surface area contributed by atoms with E-state index in [1.165, 1.54) is 0 Å². The van der Waals surface area contributed by atoms with Crippen molar-refractivity contribution < 1.29 is 18.6 Å². The van der Waals surface area contributed by atoms with Gasteiger partial charge in [0.2, 0.25) is 5.75 Å². The van der Waals surface area contributed by atoms with Crippen molar-refractivity contribution in [2.75, 3.05) is 21.3 Å². The van der Waals surface area contributed by atoms with Crippen LogP contribution in [0.2, 0.25) is 0 Å². The maximum absolute atomic E-state index is 6.30. The Bertz CT molecular complexity index is 1190. The Morgan fingerprint density at radius 3 is 2.15 bits per heavy atom. The minimum Gasteiger partial charge on any atom is -0.493 e. The molecule has 0 aliphatic heterocycles. The highest BCUT2D eigenvalue weighted by Crippen LogP contribution is 2.42. The van der Waals surface area contributed by atoms with Gasteiger partial charge >= 0.3 is 0 Å². The van der Waals surface area contributed by atoms with E-state index in [1.807, 2.05) is 42.5 Å². The zero-order valence-electron chi connectivity index (χ0n) is 15.2. The summed E-state index contributed by atoms with van der Waals surface area (Å²) in [6.07, 6.45) is 0. The van der Waals surface area contributed by atoms with E-state index in [0.717, 1.165) is 31.8 Å². The number of methoxy groups -OCH3 is 3. The predicted molar refractivity (Wildman–Crippen MR) is 110 cm³/mol. The molecule has 5 heteroatoms. The summed E-state index contributed by atoms with van der Waals surface area (Å²) in [6, 6.07) is 17.7.